The van der Waals surface area contributed by atoms with Gasteiger partial charge in [0.2, 0.25) is 0 Å². The van der Waals surface area contributed by atoms with Crippen LogP contribution in [0.3, 0.4) is 0 Å². The Kier molecular flexibility index (Phi) is 16.3. The minimum atomic E-state index is -5.08. The molecule has 0 fully saturated rings. The lowest BCUT2D eigenvalue weighted by atomic mass is 10.1. The molecule has 1 atom stereocenters. The number of carbonyl (C=O) groups excluding carboxylic acids is 1. The number of likely N-dealkylation sites (N-methyl/N-ethyl adjacent to an activating group) is 1. The lowest BCUT2D eigenvalue weighted by Crippen LogP contribution is -2.49. The van der Waals surface area contributed by atoms with Crippen molar-refractivity contribution in [3.63, 3.8) is 0 Å². The zero-order valence-corrected chi connectivity index (χ0v) is 22.3. The molecule has 0 saturated carbocycles. The first-order chi connectivity index (χ1) is 17.2. The van der Waals surface area contributed by atoms with E-state index in [-0.39, 0.29) is 12.3 Å². The molecule has 0 aliphatic rings. The van der Waals surface area contributed by atoms with Gasteiger partial charge in [-0.2, -0.15) is 13.2 Å². The van der Waals surface area contributed by atoms with Gasteiger partial charge >= 0.3 is 18.1 Å². The van der Waals surface area contributed by atoms with Gasteiger partial charge in [0.1, 0.15) is 5.75 Å². The van der Waals surface area contributed by atoms with Crippen LogP contribution in [0.4, 0.5) is 13.2 Å². The number of aliphatic carboxylic acids is 2. The number of alkyl halides is 3. The first-order valence-electron chi connectivity index (χ1n) is 12.5. The van der Waals surface area contributed by atoms with Gasteiger partial charge in [0.25, 0.3) is 5.91 Å². The van der Waals surface area contributed by atoms with E-state index >= 15 is 0 Å². The number of rotatable bonds is 16. The Morgan fingerprint density at radius 1 is 0.919 bits per heavy atom. The Hall–Kier alpha value is -2.82. The van der Waals surface area contributed by atoms with Crippen molar-refractivity contribution in [1.29, 1.82) is 0 Å². The van der Waals surface area contributed by atoms with Crippen molar-refractivity contribution in [2.45, 2.75) is 76.9 Å². The largest absolute Gasteiger partial charge is 0.494 e. The summed E-state index contributed by atoms with van der Waals surface area (Å²) in [7, 11) is 5.92. The fourth-order valence-corrected chi connectivity index (χ4v) is 3.43. The second kappa shape index (κ2) is 17.6. The van der Waals surface area contributed by atoms with Crippen LogP contribution in [-0.2, 0) is 9.59 Å². The molecule has 0 spiro atoms. The molecule has 1 amide bonds. The van der Waals surface area contributed by atoms with E-state index in [1.54, 1.807) is 24.3 Å². The first-order valence-corrected chi connectivity index (χ1v) is 12.5. The summed E-state index contributed by atoms with van der Waals surface area (Å²) in [4.78, 5) is 32.5. The molecule has 3 N–H and O–H groups in total. The smallest absolute Gasteiger partial charge is 0.490 e. The number of hydrogen-bond acceptors (Lipinski definition) is 4. The number of unbranched alkanes of at least 4 members (excludes halogenated alkanes) is 7. The molecule has 0 unspecified atom stereocenters. The highest BCUT2D eigenvalue weighted by molar-refractivity contribution is 5.94. The predicted octanol–water partition coefficient (Wildman–Crippen LogP) is 5.12. The molecule has 0 bridgehead atoms. The normalized spacial score (nSPS) is 12.2. The summed E-state index contributed by atoms with van der Waals surface area (Å²) in [6, 6.07) is 6.62. The summed E-state index contributed by atoms with van der Waals surface area (Å²) in [5, 5.41) is 19.1. The first kappa shape index (κ1) is 34.2. The van der Waals surface area contributed by atoms with E-state index in [9.17, 15) is 22.8 Å². The highest BCUT2D eigenvalue weighted by atomic mass is 19.4. The minimum Gasteiger partial charge on any atom is -0.494 e. The topological polar surface area (TPSA) is 113 Å². The summed E-state index contributed by atoms with van der Waals surface area (Å²) >= 11 is 0. The van der Waals surface area contributed by atoms with Gasteiger partial charge in [-0.25, -0.2) is 4.79 Å². The van der Waals surface area contributed by atoms with Crippen LogP contribution in [0.15, 0.2) is 24.3 Å². The zero-order chi connectivity index (χ0) is 28.5. The number of benzene rings is 1. The maximum atomic E-state index is 12.5. The molecule has 0 aromatic heterocycles. The van der Waals surface area contributed by atoms with Gasteiger partial charge in [-0.05, 0) is 30.7 Å². The summed E-state index contributed by atoms with van der Waals surface area (Å²) < 4.78 is 38.1. The highest BCUT2D eigenvalue weighted by Crippen LogP contribution is 2.15. The summed E-state index contributed by atoms with van der Waals surface area (Å²) in [6.07, 6.45) is 4.92. The second-order valence-corrected chi connectivity index (χ2v) is 9.89. The lowest BCUT2D eigenvalue weighted by Gasteiger charge is -2.29. The van der Waals surface area contributed by atoms with Crippen LogP contribution in [0.25, 0.3) is 0 Å². The lowest BCUT2D eigenvalue weighted by molar-refractivity contribution is -0.871. The van der Waals surface area contributed by atoms with Crippen LogP contribution in [0.1, 0.15) is 75.1 Å². The van der Waals surface area contributed by atoms with Crippen molar-refractivity contribution in [2.75, 3.05) is 34.3 Å². The molecule has 11 heteroatoms. The molecule has 0 aliphatic carbocycles. The Morgan fingerprint density at radius 3 is 1.84 bits per heavy atom. The van der Waals surface area contributed by atoms with E-state index < -0.39 is 24.2 Å². The third-order valence-electron chi connectivity index (χ3n) is 5.15. The van der Waals surface area contributed by atoms with Crippen LogP contribution in [0.2, 0.25) is 0 Å². The predicted molar refractivity (Wildman–Crippen MR) is 135 cm³/mol. The molecule has 212 valence electrons. The Morgan fingerprint density at radius 2 is 1.41 bits per heavy atom. The maximum absolute atomic E-state index is 12.5. The molecule has 0 saturated heterocycles. The van der Waals surface area contributed by atoms with Gasteiger partial charge in [0.05, 0.1) is 46.8 Å². The van der Waals surface area contributed by atoms with Crippen LogP contribution >= 0.6 is 0 Å². The molecule has 8 nitrogen and oxygen atoms in total. The van der Waals surface area contributed by atoms with Gasteiger partial charge in [-0.1, -0.05) is 51.9 Å². The van der Waals surface area contributed by atoms with E-state index in [2.05, 4.69) is 12.2 Å². The fourth-order valence-electron chi connectivity index (χ4n) is 3.43. The van der Waals surface area contributed by atoms with E-state index in [0.717, 1.165) is 12.2 Å². The monoisotopic (exact) mass is 535 g/mol. The van der Waals surface area contributed by atoms with Gasteiger partial charge in [0.15, 0.2) is 0 Å². The molecular formula is C26H42F3N2O6+. The van der Waals surface area contributed by atoms with Gasteiger partial charge in [0, 0.05) is 5.56 Å². The molecule has 1 aromatic rings. The van der Waals surface area contributed by atoms with Gasteiger partial charge < -0.3 is 24.7 Å². The van der Waals surface area contributed by atoms with E-state index in [1.807, 2.05) is 21.1 Å². The van der Waals surface area contributed by atoms with Gasteiger partial charge in [-0.15, -0.1) is 0 Å². The average molecular weight is 536 g/mol. The van der Waals surface area contributed by atoms with Crippen molar-refractivity contribution in [2.24, 2.45) is 0 Å². The summed E-state index contributed by atoms with van der Waals surface area (Å²) in [5.41, 5.74) is 0.506. The molecule has 0 aliphatic heterocycles. The number of carboxylic acids is 2. The number of quaternary nitrogens is 1. The van der Waals surface area contributed by atoms with Crippen molar-refractivity contribution in [1.82, 2.24) is 5.32 Å². The van der Waals surface area contributed by atoms with Crippen LogP contribution < -0.4 is 10.1 Å². The molecule has 37 heavy (non-hydrogen) atoms. The summed E-state index contributed by atoms with van der Waals surface area (Å²) in [6.45, 7) is 3.46. The standard InChI is InChI=1S/C24H40N2O4.C2HF3O2/c1-5-6-7-8-9-10-11-12-17-30-22-15-13-20(14-16-22)24(29)25-21(18-23(27)28)19-26(2,3)4;3-2(4,5)1(6)7/h13-16,21H,5-12,17-19H2,1-4H3,(H-,25,27,28,29);(H,6,7)/p+1/t21-;/m1./s1. The SMILES string of the molecule is CCCCCCCCCCOc1ccc(C(=O)N[C@H](CC(=O)O)C[N+](C)(C)C)cc1.O=C(O)C(F)(F)F. The number of hydrogen-bond donors (Lipinski definition) is 3. The average Bonchev–Trinajstić information content (AvgIpc) is 2.76. The second-order valence-electron chi connectivity index (χ2n) is 9.89. The zero-order valence-electron chi connectivity index (χ0n) is 22.3. The number of amides is 1. The maximum Gasteiger partial charge on any atom is 0.490 e. The molecule has 0 heterocycles. The van der Waals surface area contributed by atoms with E-state index in [0.29, 0.717) is 23.2 Å². The highest BCUT2D eigenvalue weighted by Gasteiger charge is 2.38. The van der Waals surface area contributed by atoms with Crippen molar-refractivity contribution in [3.8, 4) is 5.75 Å². The van der Waals surface area contributed by atoms with E-state index in [1.165, 1.54) is 44.9 Å². The molecular weight excluding hydrogens is 493 g/mol. The van der Waals surface area contributed by atoms with Crippen LogP contribution in [0, 0.1) is 0 Å². The summed E-state index contributed by atoms with van der Waals surface area (Å²) in [5.74, 6) is -3.18. The number of carbonyl (C=O) groups is 3. The van der Waals surface area contributed by atoms with E-state index in [4.69, 9.17) is 19.7 Å². The Labute approximate surface area is 217 Å². The molecule has 0 radical (unpaired) electrons. The minimum absolute atomic E-state index is 0.0962. The number of nitrogens with one attached hydrogen (secondary N) is 1. The number of ether oxygens (including phenoxy) is 1. The Balaban J connectivity index is 0.00000161. The van der Waals surface area contributed by atoms with Crippen molar-refractivity contribution < 1.29 is 47.0 Å². The fraction of sp³-hybridized carbons (Fsp3) is 0.654. The number of carboxylic acid groups (broad SMARTS) is 2. The third-order valence-corrected chi connectivity index (χ3v) is 5.15. The Bertz CT molecular complexity index is 808. The third kappa shape index (κ3) is 19.0. The molecule has 1 rings (SSSR count). The van der Waals surface area contributed by atoms with Crippen LogP contribution in [0.5, 0.6) is 5.75 Å². The van der Waals surface area contributed by atoms with Crippen LogP contribution in [-0.4, -0.2) is 79.1 Å². The van der Waals surface area contributed by atoms with Gasteiger partial charge in [-0.3, -0.25) is 9.59 Å². The number of halogens is 3. The van der Waals surface area contributed by atoms with Crippen molar-refractivity contribution >= 4 is 17.8 Å². The number of nitrogens with zero attached hydrogens (tertiary/aromatic N) is 1. The quantitative estimate of drug-likeness (QED) is 0.200. The molecule has 1 aromatic carbocycles. The van der Waals surface area contributed by atoms with Crippen molar-refractivity contribution in [3.05, 3.63) is 29.8 Å².